The van der Waals surface area contributed by atoms with Crippen molar-refractivity contribution in [3.63, 3.8) is 0 Å². The summed E-state index contributed by atoms with van der Waals surface area (Å²) in [5, 5.41) is 15.7. The second kappa shape index (κ2) is 14.5. The Morgan fingerprint density at radius 2 is 1.85 bits per heavy atom. The molecule has 0 aliphatic carbocycles. The second-order valence-corrected chi connectivity index (χ2v) is 10.1. The molecule has 0 fully saturated rings. The van der Waals surface area contributed by atoms with Crippen molar-refractivity contribution in [1.29, 1.82) is 0 Å². The number of aliphatic hydroxyl groups is 1. The van der Waals surface area contributed by atoms with Gasteiger partial charge in [-0.15, -0.1) is 0 Å². The number of unbranched alkanes of at least 4 members (excludes halogenated alkanes) is 2. The summed E-state index contributed by atoms with van der Waals surface area (Å²) in [7, 11) is 0. The van der Waals surface area contributed by atoms with E-state index in [1.165, 1.54) is 6.92 Å². The van der Waals surface area contributed by atoms with Crippen LogP contribution in [0.25, 0.3) is 10.9 Å². The predicted molar refractivity (Wildman–Crippen MR) is 157 cm³/mol. The van der Waals surface area contributed by atoms with Crippen LogP contribution in [0.1, 0.15) is 61.7 Å². The smallest absolute Gasteiger partial charge is 0.286 e. The number of nitrogens with one attached hydrogen (secondary N) is 2. The number of para-hydroxylation sites is 3. The number of nitrogens with zero attached hydrogens (tertiary/aromatic N) is 1. The van der Waals surface area contributed by atoms with Gasteiger partial charge in [0.15, 0.2) is 5.76 Å². The van der Waals surface area contributed by atoms with Crippen molar-refractivity contribution < 1.29 is 29.0 Å². The van der Waals surface area contributed by atoms with Crippen molar-refractivity contribution in [2.75, 3.05) is 30.8 Å². The molecule has 0 spiro atoms. The molecule has 0 unspecified atom stereocenters. The molecule has 0 radical (unpaired) electrons. The fourth-order valence-electron chi connectivity index (χ4n) is 4.85. The normalized spacial score (nSPS) is 16.6. The highest BCUT2D eigenvalue weighted by atomic mass is 16.7. The van der Waals surface area contributed by atoms with E-state index in [1.807, 2.05) is 30.5 Å². The molecule has 3 aromatic rings. The molecule has 1 aliphatic rings. The van der Waals surface area contributed by atoms with Gasteiger partial charge in [-0.1, -0.05) is 30.3 Å². The van der Waals surface area contributed by atoms with Crippen LogP contribution in [0, 0.1) is 0 Å². The van der Waals surface area contributed by atoms with Crippen LogP contribution in [-0.2, 0) is 19.1 Å². The lowest BCUT2D eigenvalue weighted by Crippen LogP contribution is -2.33. The van der Waals surface area contributed by atoms with E-state index in [1.54, 1.807) is 34.9 Å². The van der Waals surface area contributed by atoms with Crippen LogP contribution < -0.4 is 16.4 Å². The van der Waals surface area contributed by atoms with E-state index in [0.717, 1.165) is 16.5 Å². The lowest BCUT2D eigenvalue weighted by molar-refractivity contribution is -0.146. The summed E-state index contributed by atoms with van der Waals surface area (Å²) in [4.78, 5) is 37.6. The number of rotatable bonds is 13. The summed E-state index contributed by atoms with van der Waals surface area (Å²) in [6.45, 7) is 2.36. The zero-order chi connectivity index (χ0) is 29.2. The monoisotopic (exact) mass is 562 g/mol. The number of benzene rings is 2. The van der Waals surface area contributed by atoms with Crippen molar-refractivity contribution in [1.82, 2.24) is 9.88 Å². The number of anilines is 2. The van der Waals surface area contributed by atoms with Crippen molar-refractivity contribution in [3.8, 4) is 0 Å². The van der Waals surface area contributed by atoms with Crippen LogP contribution in [0.4, 0.5) is 11.4 Å². The highest BCUT2D eigenvalue weighted by molar-refractivity contribution is 5.95. The first-order valence-electron chi connectivity index (χ1n) is 14.0. The zero-order valence-corrected chi connectivity index (χ0v) is 23.3. The topological polar surface area (TPSA) is 145 Å². The first-order valence-corrected chi connectivity index (χ1v) is 14.0. The van der Waals surface area contributed by atoms with Gasteiger partial charge >= 0.3 is 0 Å². The minimum Gasteiger partial charge on any atom is -0.459 e. The Morgan fingerprint density at radius 3 is 2.63 bits per heavy atom. The Hall–Kier alpha value is -4.15. The fourth-order valence-corrected chi connectivity index (χ4v) is 4.85. The van der Waals surface area contributed by atoms with E-state index < -0.39 is 6.29 Å². The Balaban J connectivity index is 1.38. The number of nitrogens with two attached hydrogens (primary N) is 1. The zero-order valence-electron chi connectivity index (χ0n) is 23.3. The molecule has 0 bridgehead atoms. The lowest BCUT2D eigenvalue weighted by Gasteiger charge is -2.29. The number of ether oxygens (including phenoxy) is 2. The summed E-state index contributed by atoms with van der Waals surface area (Å²) < 4.78 is 13.5. The highest BCUT2D eigenvalue weighted by Gasteiger charge is 2.30. The number of nitrogen functional groups attached to an aromatic ring is 1. The van der Waals surface area contributed by atoms with Crippen molar-refractivity contribution in [2.45, 2.75) is 57.7 Å². The third-order valence-corrected chi connectivity index (χ3v) is 6.97. The minimum absolute atomic E-state index is 0.0809. The summed E-state index contributed by atoms with van der Waals surface area (Å²) in [5.41, 5.74) is 8.69. The highest BCUT2D eigenvalue weighted by Crippen LogP contribution is 2.36. The molecule has 4 rings (SSSR count). The largest absolute Gasteiger partial charge is 0.459 e. The van der Waals surface area contributed by atoms with E-state index >= 15 is 0 Å². The maximum absolute atomic E-state index is 13.1. The molecule has 0 saturated carbocycles. The van der Waals surface area contributed by atoms with E-state index in [9.17, 15) is 14.4 Å². The molecule has 2 aromatic carbocycles. The van der Waals surface area contributed by atoms with Gasteiger partial charge in [0.2, 0.25) is 18.1 Å². The standard InChI is InChI=1S/C31H38N4O6/c1-21(37)35-20-24(23-10-2-5-13-27(23)35)22-18-28(41-30(19-22)40-17-9-8-16-36)31(39)33-15-7-6-14-29(38)34-26-12-4-3-11-25(26)32/h2-5,10-13,18,20,22,30,36H,6-9,14-17,19,32H2,1H3,(H,33,39)(H,34,38)/t22-,30+/m0/s1. The molecular formula is C31H38N4O6. The number of carbonyl (C=O) groups is 3. The van der Waals surface area contributed by atoms with Gasteiger partial charge in [-0.05, 0) is 55.5 Å². The molecule has 2 atom stereocenters. The molecule has 218 valence electrons. The third kappa shape index (κ3) is 7.96. The molecule has 1 aromatic heterocycles. The number of hydrogen-bond donors (Lipinski definition) is 4. The van der Waals surface area contributed by atoms with E-state index in [0.29, 0.717) is 63.1 Å². The van der Waals surface area contributed by atoms with Crippen molar-refractivity contribution in [2.24, 2.45) is 0 Å². The third-order valence-electron chi connectivity index (χ3n) is 6.97. The maximum atomic E-state index is 13.1. The Kier molecular flexibility index (Phi) is 10.5. The van der Waals surface area contributed by atoms with Gasteiger partial charge in [0.25, 0.3) is 5.91 Å². The molecule has 10 heteroatoms. The number of allylic oxidation sites excluding steroid dienone is 1. The average molecular weight is 563 g/mol. The van der Waals surface area contributed by atoms with Crippen LogP contribution in [0.2, 0.25) is 0 Å². The molecule has 0 saturated heterocycles. The van der Waals surface area contributed by atoms with Crippen LogP contribution in [0.5, 0.6) is 0 Å². The number of hydrogen-bond acceptors (Lipinski definition) is 7. The molecule has 10 nitrogen and oxygen atoms in total. The van der Waals surface area contributed by atoms with Gasteiger partial charge in [-0.25, -0.2) is 0 Å². The summed E-state index contributed by atoms with van der Waals surface area (Å²) in [6, 6.07) is 14.8. The predicted octanol–water partition coefficient (Wildman–Crippen LogP) is 4.31. The summed E-state index contributed by atoms with van der Waals surface area (Å²) in [5.74, 6) is -0.659. The Labute approximate surface area is 239 Å². The molecule has 2 heterocycles. The van der Waals surface area contributed by atoms with Gasteiger partial charge in [-0.3, -0.25) is 19.0 Å². The van der Waals surface area contributed by atoms with E-state index in [-0.39, 0.29) is 36.0 Å². The van der Waals surface area contributed by atoms with E-state index in [4.69, 9.17) is 20.3 Å². The van der Waals surface area contributed by atoms with Crippen LogP contribution in [0.15, 0.2) is 66.6 Å². The maximum Gasteiger partial charge on any atom is 0.286 e. The number of aliphatic hydroxyl groups excluding tert-OH is 1. The number of fused-ring (bicyclic) bond motifs is 1. The Morgan fingerprint density at radius 1 is 1.07 bits per heavy atom. The first kappa shape index (κ1) is 29.8. The molecule has 41 heavy (non-hydrogen) atoms. The van der Waals surface area contributed by atoms with Gasteiger partial charge < -0.3 is 30.9 Å². The molecular weight excluding hydrogens is 524 g/mol. The first-order chi connectivity index (χ1) is 19.9. The number of aromatic nitrogens is 1. The summed E-state index contributed by atoms with van der Waals surface area (Å²) >= 11 is 0. The van der Waals surface area contributed by atoms with Crippen LogP contribution in [-0.4, -0.2) is 53.4 Å². The van der Waals surface area contributed by atoms with Gasteiger partial charge in [0.05, 0.1) is 23.5 Å². The van der Waals surface area contributed by atoms with Crippen molar-refractivity contribution >= 4 is 40.0 Å². The average Bonchev–Trinajstić information content (AvgIpc) is 3.36. The lowest BCUT2D eigenvalue weighted by atomic mass is 9.92. The fraction of sp³-hybridized carbons (Fsp3) is 0.387. The second-order valence-electron chi connectivity index (χ2n) is 10.1. The van der Waals surface area contributed by atoms with E-state index in [2.05, 4.69) is 10.6 Å². The van der Waals surface area contributed by atoms with Gasteiger partial charge in [0, 0.05) is 50.4 Å². The molecule has 1 aliphatic heterocycles. The quantitative estimate of drug-likeness (QED) is 0.179. The van der Waals surface area contributed by atoms with Crippen molar-refractivity contribution in [3.05, 3.63) is 72.1 Å². The van der Waals surface area contributed by atoms with Crippen LogP contribution in [0.3, 0.4) is 0 Å². The van der Waals surface area contributed by atoms with Gasteiger partial charge in [-0.2, -0.15) is 0 Å². The molecule has 2 amide bonds. The number of carbonyl (C=O) groups excluding carboxylic acids is 3. The van der Waals surface area contributed by atoms with Crippen LogP contribution >= 0.6 is 0 Å². The van der Waals surface area contributed by atoms with Gasteiger partial charge in [0.1, 0.15) is 0 Å². The summed E-state index contributed by atoms with van der Waals surface area (Å²) in [6.07, 6.45) is 6.20. The minimum atomic E-state index is -0.655. The molecule has 5 N–H and O–H groups in total. The number of amides is 2. The Bertz CT molecular complexity index is 1400. The SMILES string of the molecule is CC(=O)n1cc([C@H]2C=C(C(=O)NCCCCC(=O)Nc3ccccc3N)O[C@@H](OCCCCO)C2)c2ccccc21.